The molecule has 1 aliphatic rings. The molecule has 1 heterocycles. The molecule has 0 radical (unpaired) electrons. The van der Waals surface area contributed by atoms with Crippen molar-refractivity contribution >= 4 is 33.2 Å². The summed E-state index contributed by atoms with van der Waals surface area (Å²) in [5.74, 6) is 0.147. The number of carbonyl (C=O) groups excluding carboxylic acids is 1. The highest BCUT2D eigenvalue weighted by molar-refractivity contribution is 7.91. The summed E-state index contributed by atoms with van der Waals surface area (Å²) in [4.78, 5) is 20.1. The van der Waals surface area contributed by atoms with Crippen molar-refractivity contribution in [2.24, 2.45) is 5.73 Å². The number of nitrogens with zero attached hydrogens (tertiary/aromatic N) is 2. The van der Waals surface area contributed by atoms with E-state index in [1.54, 1.807) is 19.1 Å². The molecule has 0 saturated heterocycles. The first kappa shape index (κ1) is 17.2. The quantitative estimate of drug-likeness (QED) is 0.684. The Morgan fingerprint density at radius 2 is 1.96 bits per heavy atom. The van der Waals surface area contributed by atoms with Crippen molar-refractivity contribution in [2.75, 3.05) is 16.4 Å². The van der Waals surface area contributed by atoms with Crippen LogP contribution in [0.2, 0.25) is 0 Å². The summed E-state index contributed by atoms with van der Waals surface area (Å²) in [7, 11) is -3.24. The molecule has 25 heavy (non-hydrogen) atoms. The number of benzene rings is 1. The van der Waals surface area contributed by atoms with Crippen LogP contribution >= 0.6 is 0 Å². The van der Waals surface area contributed by atoms with Crippen LogP contribution in [0, 0.1) is 0 Å². The van der Waals surface area contributed by atoms with Gasteiger partial charge in [-0.2, -0.15) is 4.98 Å². The minimum atomic E-state index is -3.24. The molecule has 0 bridgehead atoms. The van der Waals surface area contributed by atoms with Crippen molar-refractivity contribution in [3.05, 3.63) is 36.0 Å². The first-order valence-electron chi connectivity index (χ1n) is 7.92. The van der Waals surface area contributed by atoms with Gasteiger partial charge in [-0.1, -0.05) is 6.92 Å². The zero-order valence-electron chi connectivity index (χ0n) is 13.7. The molecule has 1 aromatic heterocycles. The molecule has 0 atom stereocenters. The number of hydrogen-bond donors (Lipinski definition) is 3. The standard InChI is InChI=1S/C16H19N5O3S/c1-2-25(23,24)12-7-5-11(6-8-12)20-16-18-9-13(14(17)22)15(21-16)19-10-3-4-10/h5-10H,2-4H2,1H3,(H2,17,22)(H2,18,19,20,21). The maximum Gasteiger partial charge on any atom is 0.254 e. The van der Waals surface area contributed by atoms with Crippen LogP contribution in [0.5, 0.6) is 0 Å². The van der Waals surface area contributed by atoms with Gasteiger partial charge in [-0.15, -0.1) is 0 Å². The molecule has 1 fully saturated rings. The van der Waals surface area contributed by atoms with Crippen molar-refractivity contribution in [1.82, 2.24) is 9.97 Å². The van der Waals surface area contributed by atoms with Gasteiger partial charge in [-0.05, 0) is 37.1 Å². The van der Waals surface area contributed by atoms with Crippen LogP contribution in [-0.2, 0) is 9.84 Å². The number of carbonyl (C=O) groups is 1. The fourth-order valence-electron chi connectivity index (χ4n) is 2.19. The molecule has 8 nitrogen and oxygen atoms in total. The van der Waals surface area contributed by atoms with Crippen LogP contribution in [0.15, 0.2) is 35.4 Å². The Labute approximate surface area is 145 Å². The summed E-state index contributed by atoms with van der Waals surface area (Å²) < 4.78 is 23.7. The highest BCUT2D eigenvalue weighted by Gasteiger charge is 2.24. The van der Waals surface area contributed by atoms with E-state index >= 15 is 0 Å². The van der Waals surface area contributed by atoms with Crippen molar-refractivity contribution in [3.63, 3.8) is 0 Å². The van der Waals surface area contributed by atoms with E-state index in [9.17, 15) is 13.2 Å². The average Bonchev–Trinajstić information content (AvgIpc) is 3.39. The topological polar surface area (TPSA) is 127 Å². The number of hydrogen-bond acceptors (Lipinski definition) is 7. The van der Waals surface area contributed by atoms with Gasteiger partial charge in [0.05, 0.1) is 16.2 Å². The maximum absolute atomic E-state index is 11.8. The molecule has 1 aromatic carbocycles. The molecule has 1 amide bonds. The van der Waals surface area contributed by atoms with Crippen LogP contribution in [0.25, 0.3) is 0 Å². The summed E-state index contributed by atoms with van der Waals surface area (Å²) in [6, 6.07) is 6.65. The van der Waals surface area contributed by atoms with Crippen molar-refractivity contribution in [3.8, 4) is 0 Å². The van der Waals surface area contributed by atoms with Crippen molar-refractivity contribution < 1.29 is 13.2 Å². The molecule has 2 aromatic rings. The lowest BCUT2D eigenvalue weighted by molar-refractivity contribution is 0.100. The fraction of sp³-hybridized carbons (Fsp3) is 0.312. The minimum Gasteiger partial charge on any atom is -0.367 e. The lowest BCUT2D eigenvalue weighted by atomic mass is 10.3. The molecule has 0 spiro atoms. The van der Waals surface area contributed by atoms with Gasteiger partial charge in [-0.25, -0.2) is 13.4 Å². The number of anilines is 3. The predicted molar refractivity (Wildman–Crippen MR) is 94.6 cm³/mol. The van der Waals surface area contributed by atoms with Gasteiger partial charge in [0.1, 0.15) is 5.82 Å². The van der Waals surface area contributed by atoms with E-state index in [2.05, 4.69) is 20.6 Å². The summed E-state index contributed by atoms with van der Waals surface area (Å²) in [6.45, 7) is 1.60. The number of aromatic nitrogens is 2. The van der Waals surface area contributed by atoms with Gasteiger partial charge in [0, 0.05) is 17.9 Å². The lowest BCUT2D eigenvalue weighted by Gasteiger charge is -2.11. The Balaban J connectivity index is 1.81. The zero-order valence-corrected chi connectivity index (χ0v) is 14.5. The number of nitrogens with two attached hydrogens (primary N) is 1. The first-order chi connectivity index (χ1) is 11.9. The molecule has 1 aliphatic carbocycles. The molecule has 132 valence electrons. The van der Waals surface area contributed by atoms with Crippen LogP contribution in [0.4, 0.5) is 17.5 Å². The van der Waals surface area contributed by atoms with E-state index in [4.69, 9.17) is 5.73 Å². The molecule has 0 unspecified atom stereocenters. The molecule has 9 heteroatoms. The monoisotopic (exact) mass is 361 g/mol. The van der Waals surface area contributed by atoms with Crippen LogP contribution in [0.1, 0.15) is 30.1 Å². The smallest absolute Gasteiger partial charge is 0.254 e. The van der Waals surface area contributed by atoms with Gasteiger partial charge < -0.3 is 16.4 Å². The van der Waals surface area contributed by atoms with E-state index < -0.39 is 15.7 Å². The van der Waals surface area contributed by atoms with E-state index in [1.165, 1.54) is 18.3 Å². The summed E-state index contributed by atoms with van der Waals surface area (Å²) in [6.07, 6.45) is 3.43. The summed E-state index contributed by atoms with van der Waals surface area (Å²) in [5.41, 5.74) is 6.22. The maximum atomic E-state index is 11.8. The minimum absolute atomic E-state index is 0.0493. The Hall–Kier alpha value is -2.68. The second kappa shape index (κ2) is 6.67. The Bertz CT molecular complexity index is 892. The molecular weight excluding hydrogens is 342 g/mol. The second-order valence-corrected chi connectivity index (χ2v) is 8.07. The van der Waals surface area contributed by atoms with E-state index in [0.29, 0.717) is 23.5 Å². The van der Waals surface area contributed by atoms with Gasteiger partial charge in [0.2, 0.25) is 5.95 Å². The molecular formula is C16H19N5O3S. The molecule has 0 aliphatic heterocycles. The first-order valence-corrected chi connectivity index (χ1v) is 9.57. The Morgan fingerprint density at radius 1 is 1.28 bits per heavy atom. The number of rotatable bonds is 7. The Kier molecular flexibility index (Phi) is 4.58. The van der Waals surface area contributed by atoms with Crippen LogP contribution < -0.4 is 16.4 Å². The highest BCUT2D eigenvalue weighted by Crippen LogP contribution is 2.26. The number of amides is 1. The zero-order chi connectivity index (χ0) is 18.0. The third-order valence-electron chi connectivity index (χ3n) is 3.82. The lowest BCUT2D eigenvalue weighted by Crippen LogP contribution is -2.17. The third kappa shape index (κ3) is 4.05. The largest absolute Gasteiger partial charge is 0.367 e. The molecule has 3 rings (SSSR count). The normalized spacial score (nSPS) is 14.1. The fourth-order valence-corrected chi connectivity index (χ4v) is 3.08. The van der Waals surface area contributed by atoms with E-state index in [1.807, 2.05) is 0 Å². The summed E-state index contributed by atoms with van der Waals surface area (Å²) in [5, 5.41) is 6.15. The van der Waals surface area contributed by atoms with E-state index in [-0.39, 0.29) is 16.2 Å². The average molecular weight is 361 g/mol. The number of nitrogens with one attached hydrogen (secondary N) is 2. The number of primary amides is 1. The third-order valence-corrected chi connectivity index (χ3v) is 5.57. The van der Waals surface area contributed by atoms with Gasteiger partial charge in [0.15, 0.2) is 9.84 Å². The van der Waals surface area contributed by atoms with E-state index in [0.717, 1.165) is 12.8 Å². The van der Waals surface area contributed by atoms with Gasteiger partial charge in [0.25, 0.3) is 5.91 Å². The van der Waals surface area contributed by atoms with Gasteiger partial charge >= 0.3 is 0 Å². The van der Waals surface area contributed by atoms with Crippen LogP contribution in [0.3, 0.4) is 0 Å². The highest BCUT2D eigenvalue weighted by atomic mass is 32.2. The molecule has 4 N–H and O–H groups in total. The van der Waals surface area contributed by atoms with Crippen LogP contribution in [-0.4, -0.2) is 36.1 Å². The molecule has 1 saturated carbocycles. The SMILES string of the molecule is CCS(=O)(=O)c1ccc(Nc2ncc(C(N)=O)c(NC3CC3)n2)cc1. The van der Waals surface area contributed by atoms with Crippen molar-refractivity contribution in [2.45, 2.75) is 30.7 Å². The predicted octanol–water partition coefficient (Wildman–Crippen LogP) is 1.69. The summed E-state index contributed by atoms with van der Waals surface area (Å²) >= 11 is 0. The van der Waals surface area contributed by atoms with Gasteiger partial charge in [-0.3, -0.25) is 4.79 Å². The number of sulfone groups is 1. The second-order valence-electron chi connectivity index (χ2n) is 5.79. The Morgan fingerprint density at radius 3 is 2.52 bits per heavy atom. The van der Waals surface area contributed by atoms with Crippen molar-refractivity contribution in [1.29, 1.82) is 0 Å².